The van der Waals surface area contributed by atoms with Crippen LogP contribution in [-0.2, 0) is 0 Å². The predicted octanol–water partition coefficient (Wildman–Crippen LogP) is 1.87. The summed E-state index contributed by atoms with van der Waals surface area (Å²) in [5.41, 5.74) is 6.03. The lowest BCUT2D eigenvalue weighted by atomic mass is 10.3. The van der Waals surface area contributed by atoms with Crippen molar-refractivity contribution in [1.29, 1.82) is 0 Å². The normalized spacial score (nSPS) is 10.8. The number of anilines is 1. The summed E-state index contributed by atoms with van der Waals surface area (Å²) in [5.74, 6) is 0.130. The number of fused-ring (bicyclic) bond motifs is 1. The van der Waals surface area contributed by atoms with Crippen LogP contribution in [0, 0.1) is 0 Å². The van der Waals surface area contributed by atoms with Crippen LogP contribution < -0.4 is 5.73 Å². The summed E-state index contributed by atoms with van der Waals surface area (Å²) in [5, 5.41) is 9.86. The number of thiol groups is 1. The second-order valence-corrected chi connectivity index (χ2v) is 3.94. The van der Waals surface area contributed by atoms with E-state index in [1.54, 1.807) is 6.07 Å². The molecule has 0 radical (unpaired) electrons. The van der Waals surface area contributed by atoms with Gasteiger partial charge in [-0.05, 0) is 12.1 Å². The van der Waals surface area contributed by atoms with Crippen molar-refractivity contribution >= 4 is 39.3 Å². The highest BCUT2D eigenvalue weighted by Crippen LogP contribution is 2.32. The summed E-state index contributed by atoms with van der Waals surface area (Å²) in [6.07, 6.45) is 0. The average molecular weight is 198 g/mol. The van der Waals surface area contributed by atoms with Gasteiger partial charge in [0, 0.05) is 4.90 Å². The van der Waals surface area contributed by atoms with Gasteiger partial charge in [0.15, 0.2) is 5.13 Å². The molecule has 0 bridgehead atoms. The number of hydrogen-bond donors (Lipinski definition) is 3. The van der Waals surface area contributed by atoms with Crippen LogP contribution in [0.5, 0.6) is 5.75 Å². The fourth-order valence-corrected chi connectivity index (χ4v) is 2.15. The average Bonchev–Trinajstić information content (AvgIpc) is 2.29. The quantitative estimate of drug-likeness (QED) is 0.566. The van der Waals surface area contributed by atoms with E-state index in [2.05, 4.69) is 17.6 Å². The molecule has 5 heteroatoms. The molecule has 0 fully saturated rings. The number of nitrogens with two attached hydrogens (primary N) is 1. The van der Waals surface area contributed by atoms with Crippen LogP contribution in [0.2, 0.25) is 0 Å². The molecule has 3 nitrogen and oxygen atoms in total. The number of benzene rings is 1. The highest BCUT2D eigenvalue weighted by atomic mass is 32.1. The van der Waals surface area contributed by atoms with Crippen molar-refractivity contribution in [3.63, 3.8) is 0 Å². The third-order valence-corrected chi connectivity index (χ3v) is 2.57. The number of hydrogen-bond acceptors (Lipinski definition) is 5. The molecule has 0 amide bonds. The van der Waals surface area contributed by atoms with Gasteiger partial charge in [-0.25, -0.2) is 4.98 Å². The molecule has 0 atom stereocenters. The lowest BCUT2D eigenvalue weighted by Crippen LogP contribution is -1.79. The molecule has 2 rings (SSSR count). The van der Waals surface area contributed by atoms with E-state index >= 15 is 0 Å². The van der Waals surface area contributed by atoms with Crippen LogP contribution >= 0.6 is 24.0 Å². The molecule has 0 aliphatic heterocycles. The van der Waals surface area contributed by atoms with E-state index in [9.17, 15) is 5.11 Å². The molecule has 0 aliphatic carbocycles. The second kappa shape index (κ2) is 2.53. The Morgan fingerprint density at radius 2 is 2.25 bits per heavy atom. The van der Waals surface area contributed by atoms with E-state index in [0.29, 0.717) is 15.5 Å². The summed E-state index contributed by atoms with van der Waals surface area (Å²) in [7, 11) is 0. The molecular weight excluding hydrogens is 192 g/mol. The number of rotatable bonds is 0. The van der Waals surface area contributed by atoms with Gasteiger partial charge >= 0.3 is 0 Å². The number of nitrogen functional groups attached to an aromatic ring is 1. The molecule has 1 aromatic heterocycles. The third-order valence-electron chi connectivity index (χ3n) is 1.48. The number of phenolic OH excluding ortho intramolecular Hbond substituents is 1. The number of aromatic nitrogens is 1. The lowest BCUT2D eigenvalue weighted by molar-refractivity contribution is 0.479. The van der Waals surface area contributed by atoms with Crippen molar-refractivity contribution < 1.29 is 5.11 Å². The second-order valence-electron chi connectivity index (χ2n) is 2.36. The van der Waals surface area contributed by atoms with Gasteiger partial charge < -0.3 is 10.8 Å². The molecule has 12 heavy (non-hydrogen) atoms. The Labute approximate surface area is 78.3 Å². The molecule has 0 unspecified atom stereocenters. The number of aromatic hydroxyl groups is 1. The third kappa shape index (κ3) is 1.11. The van der Waals surface area contributed by atoms with E-state index in [1.807, 2.05) is 6.07 Å². The van der Waals surface area contributed by atoms with Crippen LogP contribution in [0.25, 0.3) is 10.2 Å². The summed E-state index contributed by atoms with van der Waals surface area (Å²) in [4.78, 5) is 4.68. The van der Waals surface area contributed by atoms with Crippen molar-refractivity contribution in [2.24, 2.45) is 0 Å². The van der Waals surface area contributed by atoms with E-state index in [4.69, 9.17) is 5.73 Å². The summed E-state index contributed by atoms with van der Waals surface area (Å²) < 4.78 is 0.859. The Balaban J connectivity index is 2.88. The first-order chi connectivity index (χ1) is 5.66. The SMILES string of the molecule is Nc1nc2c(O)cc(S)cc2s1. The molecular formula is C7H6N2OS2. The Hall–Kier alpha value is -0.940. The van der Waals surface area contributed by atoms with E-state index in [-0.39, 0.29) is 5.75 Å². The van der Waals surface area contributed by atoms with Crippen molar-refractivity contribution in [3.8, 4) is 5.75 Å². The Morgan fingerprint density at radius 3 is 3.00 bits per heavy atom. The van der Waals surface area contributed by atoms with Gasteiger partial charge in [0.1, 0.15) is 11.3 Å². The van der Waals surface area contributed by atoms with E-state index < -0.39 is 0 Å². The lowest BCUT2D eigenvalue weighted by Gasteiger charge is -1.93. The van der Waals surface area contributed by atoms with E-state index in [1.165, 1.54) is 11.3 Å². The van der Waals surface area contributed by atoms with Crippen molar-refractivity contribution in [3.05, 3.63) is 12.1 Å². The number of phenols is 1. The zero-order valence-corrected chi connectivity index (χ0v) is 7.69. The molecule has 1 heterocycles. The highest BCUT2D eigenvalue weighted by molar-refractivity contribution is 7.80. The zero-order valence-electron chi connectivity index (χ0n) is 5.98. The van der Waals surface area contributed by atoms with Gasteiger partial charge in [0.25, 0.3) is 0 Å². The Kier molecular flexibility index (Phi) is 1.62. The van der Waals surface area contributed by atoms with Crippen LogP contribution in [0.1, 0.15) is 0 Å². The minimum atomic E-state index is 0.130. The smallest absolute Gasteiger partial charge is 0.181 e. The predicted molar refractivity (Wildman–Crippen MR) is 52.9 cm³/mol. The summed E-state index contributed by atoms with van der Waals surface area (Å²) in [6, 6.07) is 3.37. The van der Waals surface area contributed by atoms with Crippen molar-refractivity contribution in [2.75, 3.05) is 5.73 Å². The first-order valence-corrected chi connectivity index (χ1v) is 4.51. The van der Waals surface area contributed by atoms with Gasteiger partial charge in [-0.1, -0.05) is 11.3 Å². The zero-order chi connectivity index (χ0) is 8.72. The minimum Gasteiger partial charge on any atom is -0.506 e. The number of thiazole rings is 1. The van der Waals surface area contributed by atoms with Gasteiger partial charge in [0.2, 0.25) is 0 Å². The first-order valence-electron chi connectivity index (χ1n) is 3.25. The molecule has 0 aliphatic rings. The van der Waals surface area contributed by atoms with Crippen LogP contribution in [0.4, 0.5) is 5.13 Å². The molecule has 3 N–H and O–H groups in total. The van der Waals surface area contributed by atoms with Gasteiger partial charge in [-0.15, -0.1) is 12.6 Å². The van der Waals surface area contributed by atoms with Gasteiger partial charge in [0.05, 0.1) is 4.70 Å². The molecule has 2 aromatic rings. The maximum atomic E-state index is 9.41. The maximum absolute atomic E-state index is 9.41. The van der Waals surface area contributed by atoms with Gasteiger partial charge in [-0.2, -0.15) is 0 Å². The molecule has 62 valence electrons. The largest absolute Gasteiger partial charge is 0.506 e. The maximum Gasteiger partial charge on any atom is 0.181 e. The molecule has 0 saturated heterocycles. The molecule has 1 aromatic carbocycles. The van der Waals surface area contributed by atoms with E-state index in [0.717, 1.165) is 4.70 Å². The minimum absolute atomic E-state index is 0.130. The number of nitrogens with zero attached hydrogens (tertiary/aromatic N) is 1. The van der Waals surface area contributed by atoms with Crippen LogP contribution in [-0.4, -0.2) is 10.1 Å². The summed E-state index contributed by atoms with van der Waals surface area (Å²) in [6.45, 7) is 0. The van der Waals surface area contributed by atoms with Crippen molar-refractivity contribution in [1.82, 2.24) is 4.98 Å². The summed E-state index contributed by atoms with van der Waals surface area (Å²) >= 11 is 5.46. The van der Waals surface area contributed by atoms with Crippen molar-refractivity contribution in [2.45, 2.75) is 4.90 Å². The highest BCUT2D eigenvalue weighted by Gasteiger charge is 2.06. The Bertz CT molecular complexity index is 438. The first kappa shape index (κ1) is 7.70. The van der Waals surface area contributed by atoms with Crippen LogP contribution in [0.15, 0.2) is 17.0 Å². The Morgan fingerprint density at radius 1 is 1.50 bits per heavy atom. The van der Waals surface area contributed by atoms with Crippen LogP contribution in [0.3, 0.4) is 0 Å². The monoisotopic (exact) mass is 198 g/mol. The molecule has 0 saturated carbocycles. The van der Waals surface area contributed by atoms with Gasteiger partial charge in [-0.3, -0.25) is 0 Å². The topological polar surface area (TPSA) is 59.1 Å². The standard InChI is InChI=1S/C7H6N2OS2/c8-7-9-6-4(10)1-3(11)2-5(6)12-7/h1-2,10-11H,(H2,8,9). The molecule has 0 spiro atoms. The fraction of sp³-hybridized carbons (Fsp3) is 0. The fourth-order valence-electron chi connectivity index (χ4n) is 1.01.